The molecule has 0 rings (SSSR count). The van der Waals surface area contributed by atoms with E-state index in [-0.39, 0.29) is 12.3 Å². The number of rotatable bonds is 3. The number of ketones is 1. The molecule has 0 N–H and O–H groups in total. The van der Waals surface area contributed by atoms with Crippen LogP contribution in [0.25, 0.3) is 0 Å². The first-order chi connectivity index (χ1) is 4.57. The van der Waals surface area contributed by atoms with E-state index < -0.39 is 11.8 Å². The van der Waals surface area contributed by atoms with Gasteiger partial charge in [0.1, 0.15) is 0 Å². The van der Waals surface area contributed by atoms with Crippen LogP contribution in [0.1, 0.15) is 20.3 Å². The minimum absolute atomic E-state index is 0.214. The predicted molar refractivity (Wildman–Crippen MR) is 36.5 cm³/mol. The van der Waals surface area contributed by atoms with Gasteiger partial charge in [-0.05, 0) is 5.92 Å². The van der Waals surface area contributed by atoms with Crippen LogP contribution in [0.15, 0.2) is 0 Å². The number of carbonyl (C=O) groups excluding carboxylic acids is 2. The third-order valence-electron chi connectivity index (χ3n) is 1.01. The molecule has 10 heavy (non-hydrogen) atoms. The Hall–Kier alpha value is -0.860. The van der Waals surface area contributed by atoms with E-state index in [0.29, 0.717) is 0 Å². The average molecular weight is 145 g/mol. The maximum Gasteiger partial charge on any atom is 0.374 e. The molecule has 0 aliphatic carbocycles. The van der Waals surface area contributed by atoms with Gasteiger partial charge in [0.15, 0.2) is 0 Å². The lowest BCUT2D eigenvalue weighted by molar-refractivity contribution is -0.152. The van der Waals surface area contributed by atoms with Crippen molar-refractivity contribution in [3.05, 3.63) is 0 Å². The van der Waals surface area contributed by atoms with E-state index >= 15 is 0 Å². The Labute approximate surface area is 60.4 Å². The molecule has 0 fully saturated rings. The van der Waals surface area contributed by atoms with Crippen LogP contribution in [-0.2, 0) is 14.3 Å². The first kappa shape index (κ1) is 9.14. The summed E-state index contributed by atoms with van der Waals surface area (Å²) in [6.07, 6.45) is 0.271. The monoisotopic (exact) mass is 145 g/mol. The highest BCUT2D eigenvalue weighted by atomic mass is 16.5. The Balaban J connectivity index is 3.74. The minimum atomic E-state index is -0.742. The van der Waals surface area contributed by atoms with Gasteiger partial charge in [-0.15, -0.1) is 0 Å². The third-order valence-corrected chi connectivity index (χ3v) is 1.01. The zero-order chi connectivity index (χ0) is 8.15. The molecule has 0 aromatic heterocycles. The summed E-state index contributed by atoms with van der Waals surface area (Å²) in [4.78, 5) is 21.2. The second kappa shape index (κ2) is 4.04. The van der Waals surface area contributed by atoms with Crippen LogP contribution in [0.5, 0.6) is 0 Å². The molecule has 3 heteroatoms. The SMILES string of the molecule is COC(=O)C(=O)C[C@@H](C)[13CH3]. The highest BCUT2D eigenvalue weighted by Crippen LogP contribution is 2.00. The van der Waals surface area contributed by atoms with Crippen LogP contribution >= 0.6 is 0 Å². The molecule has 0 aromatic carbocycles. The fourth-order valence-corrected chi connectivity index (χ4v) is 0.568. The van der Waals surface area contributed by atoms with E-state index in [1.165, 1.54) is 7.11 Å². The highest BCUT2D eigenvalue weighted by molar-refractivity contribution is 6.33. The molecule has 0 amide bonds. The lowest BCUT2D eigenvalue weighted by Gasteiger charge is -2.00. The van der Waals surface area contributed by atoms with Gasteiger partial charge in [-0.2, -0.15) is 0 Å². The fourth-order valence-electron chi connectivity index (χ4n) is 0.568. The number of carbonyl (C=O) groups is 2. The molecule has 0 unspecified atom stereocenters. The van der Waals surface area contributed by atoms with E-state index in [9.17, 15) is 9.59 Å². The van der Waals surface area contributed by atoms with Gasteiger partial charge in [0, 0.05) is 6.42 Å². The second-order valence-corrected chi connectivity index (χ2v) is 2.51. The van der Waals surface area contributed by atoms with Crippen molar-refractivity contribution in [3.8, 4) is 0 Å². The van der Waals surface area contributed by atoms with Crippen molar-refractivity contribution in [2.75, 3.05) is 7.11 Å². The van der Waals surface area contributed by atoms with E-state index in [1.54, 1.807) is 0 Å². The first-order valence-electron chi connectivity index (χ1n) is 3.19. The van der Waals surface area contributed by atoms with Crippen molar-refractivity contribution >= 4 is 11.8 Å². The Kier molecular flexibility index (Phi) is 3.69. The molecule has 0 saturated carbocycles. The van der Waals surface area contributed by atoms with Crippen LogP contribution in [0.3, 0.4) is 0 Å². The van der Waals surface area contributed by atoms with Crippen molar-refractivity contribution in [2.45, 2.75) is 20.3 Å². The van der Waals surface area contributed by atoms with Crippen molar-refractivity contribution in [1.29, 1.82) is 0 Å². The number of esters is 1. The first-order valence-corrected chi connectivity index (χ1v) is 3.19. The number of hydrogen-bond acceptors (Lipinski definition) is 3. The summed E-state index contributed by atoms with van der Waals surface area (Å²) >= 11 is 0. The van der Waals surface area contributed by atoms with E-state index in [4.69, 9.17) is 0 Å². The zero-order valence-corrected chi connectivity index (χ0v) is 6.51. The molecule has 0 bridgehead atoms. The summed E-state index contributed by atoms with van der Waals surface area (Å²) in [5.74, 6) is -0.974. The van der Waals surface area contributed by atoms with Gasteiger partial charge in [0.05, 0.1) is 7.11 Å². The van der Waals surface area contributed by atoms with Gasteiger partial charge in [-0.1, -0.05) is 13.8 Å². The molecule has 0 heterocycles. The Morgan fingerprint density at radius 1 is 1.40 bits per heavy atom. The third kappa shape index (κ3) is 3.22. The maximum atomic E-state index is 10.7. The van der Waals surface area contributed by atoms with Gasteiger partial charge in [-0.3, -0.25) is 4.79 Å². The summed E-state index contributed by atoms with van der Waals surface area (Å²) in [5.41, 5.74) is 0. The number of Topliss-reactive ketones (excluding diaryl/α,β-unsaturated/α-hetero) is 1. The van der Waals surface area contributed by atoms with Crippen LogP contribution in [0, 0.1) is 5.92 Å². The summed E-state index contributed by atoms with van der Waals surface area (Å²) in [6.45, 7) is 3.75. The molecule has 0 aliphatic heterocycles. The quantitative estimate of drug-likeness (QED) is 0.335. The van der Waals surface area contributed by atoms with Crippen LogP contribution in [0.4, 0.5) is 0 Å². The van der Waals surface area contributed by atoms with Crippen LogP contribution in [-0.4, -0.2) is 18.9 Å². The summed E-state index contributed by atoms with van der Waals surface area (Å²) in [6, 6.07) is 0. The molecule has 0 aromatic rings. The Morgan fingerprint density at radius 3 is 2.20 bits per heavy atom. The predicted octanol–water partition coefficient (Wildman–Crippen LogP) is 0.775. The van der Waals surface area contributed by atoms with E-state index in [2.05, 4.69) is 4.74 Å². The van der Waals surface area contributed by atoms with Crippen LogP contribution in [0.2, 0.25) is 0 Å². The normalized spacial score (nSPS) is 12.3. The number of ether oxygens (including phenoxy) is 1. The van der Waals surface area contributed by atoms with Crippen molar-refractivity contribution in [3.63, 3.8) is 0 Å². The molecule has 3 nitrogen and oxygen atoms in total. The molecule has 0 radical (unpaired) electrons. The van der Waals surface area contributed by atoms with Gasteiger partial charge < -0.3 is 4.74 Å². The van der Waals surface area contributed by atoms with E-state index in [0.717, 1.165) is 0 Å². The topological polar surface area (TPSA) is 43.4 Å². The van der Waals surface area contributed by atoms with Crippen molar-refractivity contribution in [1.82, 2.24) is 0 Å². The molecule has 0 spiro atoms. The lowest BCUT2D eigenvalue weighted by atomic mass is 10.1. The Bertz CT molecular complexity index is 138. The van der Waals surface area contributed by atoms with Gasteiger partial charge in [0.25, 0.3) is 0 Å². The summed E-state index contributed by atoms with van der Waals surface area (Å²) in [5, 5.41) is 0. The standard InChI is InChI=1S/C7H12O3/c1-5(2)4-6(8)7(9)10-3/h5H,4H2,1-3H3/i1+1/t5-/m1/s1. The summed E-state index contributed by atoms with van der Waals surface area (Å²) in [7, 11) is 1.21. The smallest absolute Gasteiger partial charge is 0.374 e. The minimum Gasteiger partial charge on any atom is -0.463 e. The number of methoxy groups -OCH3 is 1. The lowest BCUT2D eigenvalue weighted by Crippen LogP contribution is -2.16. The van der Waals surface area contributed by atoms with Crippen LogP contribution < -0.4 is 0 Å². The summed E-state index contributed by atoms with van der Waals surface area (Å²) < 4.78 is 4.22. The average Bonchev–Trinajstić information content (AvgIpc) is 1.85. The van der Waals surface area contributed by atoms with Crippen molar-refractivity contribution < 1.29 is 14.3 Å². The molecule has 0 aliphatic rings. The van der Waals surface area contributed by atoms with Gasteiger partial charge in [-0.25, -0.2) is 4.79 Å². The molecule has 58 valence electrons. The molecular formula is C7H12O3. The van der Waals surface area contributed by atoms with Gasteiger partial charge >= 0.3 is 5.97 Å². The largest absolute Gasteiger partial charge is 0.463 e. The molecule has 0 saturated heterocycles. The fraction of sp³-hybridized carbons (Fsp3) is 0.714. The maximum absolute atomic E-state index is 10.7. The Morgan fingerprint density at radius 2 is 1.90 bits per heavy atom. The van der Waals surface area contributed by atoms with Gasteiger partial charge in [0.2, 0.25) is 5.78 Å². The van der Waals surface area contributed by atoms with E-state index in [1.807, 2.05) is 13.8 Å². The molecule has 1 atom stereocenters. The zero-order valence-electron chi connectivity index (χ0n) is 6.51. The number of hydrogen-bond donors (Lipinski definition) is 0. The van der Waals surface area contributed by atoms with Crippen molar-refractivity contribution in [2.24, 2.45) is 5.92 Å². The molecular weight excluding hydrogens is 133 g/mol. The highest BCUT2D eigenvalue weighted by Gasteiger charge is 2.14. The second-order valence-electron chi connectivity index (χ2n) is 2.51.